The van der Waals surface area contributed by atoms with Crippen LogP contribution in [0.1, 0.15) is 12.8 Å². The van der Waals surface area contributed by atoms with Gasteiger partial charge in [-0.3, -0.25) is 0 Å². The average Bonchev–Trinajstić information content (AvgIpc) is 2.34. The smallest absolute Gasteiger partial charge is 0.229 e. The van der Waals surface area contributed by atoms with Crippen molar-refractivity contribution in [3.8, 4) is 24.1 Å². The molecule has 0 fully saturated rings. The molecule has 0 atom stereocenters. The molecular weight excluding hydrogens is 206 g/mol. The van der Waals surface area contributed by atoms with Crippen LogP contribution in [0, 0.1) is 12.3 Å². The second-order valence-corrected chi connectivity index (χ2v) is 3.01. The number of rotatable bonds is 6. The van der Waals surface area contributed by atoms with E-state index in [1.54, 1.807) is 20.3 Å². The summed E-state index contributed by atoms with van der Waals surface area (Å²) in [5.74, 6) is 3.98. The Balaban J connectivity index is 2.61. The van der Waals surface area contributed by atoms with Crippen molar-refractivity contribution in [3.63, 3.8) is 0 Å². The third-order valence-electron chi connectivity index (χ3n) is 1.88. The average molecular weight is 221 g/mol. The summed E-state index contributed by atoms with van der Waals surface area (Å²) in [7, 11) is 3.09. The van der Waals surface area contributed by atoms with Crippen LogP contribution in [0.4, 0.5) is 5.95 Å². The molecule has 1 N–H and O–H groups in total. The first-order chi connectivity index (χ1) is 7.80. The molecule has 0 saturated carbocycles. The summed E-state index contributed by atoms with van der Waals surface area (Å²) in [6, 6.07) is 1.62. The van der Waals surface area contributed by atoms with Crippen molar-refractivity contribution in [3.05, 3.63) is 6.07 Å². The molecule has 86 valence electrons. The third kappa shape index (κ3) is 3.65. The van der Waals surface area contributed by atoms with Gasteiger partial charge in [0.25, 0.3) is 0 Å². The number of hydrogen-bond donors (Lipinski definition) is 1. The van der Waals surface area contributed by atoms with Crippen molar-refractivity contribution in [2.75, 3.05) is 26.1 Å². The van der Waals surface area contributed by atoms with Crippen molar-refractivity contribution in [2.45, 2.75) is 12.8 Å². The molecule has 0 aromatic carbocycles. The summed E-state index contributed by atoms with van der Waals surface area (Å²) in [5, 5.41) is 3.05. The van der Waals surface area contributed by atoms with Crippen LogP contribution in [0.25, 0.3) is 0 Å². The maximum Gasteiger partial charge on any atom is 0.229 e. The first-order valence-electron chi connectivity index (χ1n) is 4.94. The molecule has 1 aromatic rings. The highest BCUT2D eigenvalue weighted by Crippen LogP contribution is 2.17. The SMILES string of the molecule is C#CCCCNc1nc(OC)cc(OC)n1. The highest BCUT2D eigenvalue weighted by atomic mass is 16.5. The van der Waals surface area contributed by atoms with E-state index in [4.69, 9.17) is 15.9 Å². The zero-order valence-corrected chi connectivity index (χ0v) is 9.49. The van der Waals surface area contributed by atoms with Crippen LogP contribution < -0.4 is 14.8 Å². The van der Waals surface area contributed by atoms with E-state index in [1.807, 2.05) is 0 Å². The Labute approximate surface area is 95.2 Å². The largest absolute Gasteiger partial charge is 0.481 e. The first-order valence-corrected chi connectivity index (χ1v) is 4.94. The van der Waals surface area contributed by atoms with E-state index >= 15 is 0 Å². The number of anilines is 1. The standard InChI is InChI=1S/C11H15N3O2/c1-4-5-6-7-12-11-13-9(15-2)8-10(14-11)16-3/h1,8H,5-7H2,2-3H3,(H,12,13,14). The summed E-state index contributed by atoms with van der Waals surface area (Å²) in [6.07, 6.45) is 6.75. The summed E-state index contributed by atoms with van der Waals surface area (Å²) in [4.78, 5) is 8.24. The van der Waals surface area contributed by atoms with Gasteiger partial charge in [0.2, 0.25) is 17.7 Å². The third-order valence-corrected chi connectivity index (χ3v) is 1.88. The van der Waals surface area contributed by atoms with Gasteiger partial charge in [0.1, 0.15) is 0 Å². The Morgan fingerprint density at radius 1 is 1.31 bits per heavy atom. The molecule has 0 amide bonds. The molecule has 0 aliphatic heterocycles. The monoisotopic (exact) mass is 221 g/mol. The van der Waals surface area contributed by atoms with E-state index in [9.17, 15) is 0 Å². The highest BCUT2D eigenvalue weighted by molar-refractivity contribution is 5.33. The van der Waals surface area contributed by atoms with Crippen LogP contribution in [0.3, 0.4) is 0 Å². The molecule has 0 radical (unpaired) electrons. The fourth-order valence-corrected chi connectivity index (χ4v) is 1.08. The normalized spacial score (nSPS) is 9.31. The zero-order chi connectivity index (χ0) is 11.8. The van der Waals surface area contributed by atoms with E-state index in [0.717, 1.165) is 19.4 Å². The van der Waals surface area contributed by atoms with Gasteiger partial charge in [-0.25, -0.2) is 0 Å². The van der Waals surface area contributed by atoms with E-state index in [-0.39, 0.29) is 0 Å². The minimum Gasteiger partial charge on any atom is -0.481 e. The Hall–Kier alpha value is -1.96. The predicted molar refractivity (Wildman–Crippen MR) is 61.7 cm³/mol. The maximum atomic E-state index is 5.15. The number of nitrogens with zero attached hydrogens (tertiary/aromatic N) is 2. The fraction of sp³-hybridized carbons (Fsp3) is 0.455. The molecule has 16 heavy (non-hydrogen) atoms. The Bertz CT molecular complexity index is 352. The molecule has 5 heteroatoms. The van der Waals surface area contributed by atoms with Gasteiger partial charge in [0.05, 0.1) is 20.3 Å². The van der Waals surface area contributed by atoms with Crippen LogP contribution in [-0.4, -0.2) is 30.7 Å². The zero-order valence-electron chi connectivity index (χ0n) is 9.49. The van der Waals surface area contributed by atoms with Crippen LogP contribution in [0.2, 0.25) is 0 Å². The van der Waals surface area contributed by atoms with Gasteiger partial charge in [-0.05, 0) is 6.42 Å². The van der Waals surface area contributed by atoms with Crippen LogP contribution in [0.5, 0.6) is 11.8 Å². The van der Waals surface area contributed by atoms with Crippen LogP contribution in [-0.2, 0) is 0 Å². The van der Waals surface area contributed by atoms with Crippen molar-refractivity contribution in [1.29, 1.82) is 0 Å². The molecule has 1 heterocycles. The molecule has 0 bridgehead atoms. The van der Waals surface area contributed by atoms with E-state index < -0.39 is 0 Å². The summed E-state index contributed by atoms with van der Waals surface area (Å²) in [5.41, 5.74) is 0. The minimum absolute atomic E-state index is 0.464. The van der Waals surface area contributed by atoms with Crippen molar-refractivity contribution in [2.24, 2.45) is 0 Å². The lowest BCUT2D eigenvalue weighted by Crippen LogP contribution is -2.06. The lowest BCUT2D eigenvalue weighted by molar-refractivity contribution is 0.373. The number of unbranched alkanes of at least 4 members (excludes halogenated alkanes) is 1. The predicted octanol–water partition coefficient (Wildman–Crippen LogP) is 1.32. The number of terminal acetylenes is 1. The quantitative estimate of drug-likeness (QED) is 0.580. The minimum atomic E-state index is 0.464. The lowest BCUT2D eigenvalue weighted by Gasteiger charge is -2.07. The van der Waals surface area contributed by atoms with Crippen molar-refractivity contribution in [1.82, 2.24) is 9.97 Å². The van der Waals surface area contributed by atoms with Gasteiger partial charge >= 0.3 is 0 Å². The molecule has 1 rings (SSSR count). The molecule has 5 nitrogen and oxygen atoms in total. The van der Waals surface area contributed by atoms with Gasteiger partial charge in [0, 0.05) is 13.0 Å². The second kappa shape index (κ2) is 6.51. The lowest BCUT2D eigenvalue weighted by atomic mass is 10.3. The first kappa shape index (κ1) is 12.1. The van der Waals surface area contributed by atoms with E-state index in [1.165, 1.54) is 0 Å². The summed E-state index contributed by atoms with van der Waals surface area (Å²) < 4.78 is 10.0. The van der Waals surface area contributed by atoms with E-state index in [2.05, 4.69) is 21.2 Å². The topological polar surface area (TPSA) is 56.3 Å². The molecule has 0 unspecified atom stereocenters. The van der Waals surface area contributed by atoms with Gasteiger partial charge in [-0.1, -0.05) is 0 Å². The molecule has 0 aliphatic carbocycles. The number of aromatic nitrogens is 2. The number of methoxy groups -OCH3 is 2. The Kier molecular flexibility index (Phi) is 4.93. The molecule has 0 aliphatic rings. The summed E-state index contributed by atoms with van der Waals surface area (Å²) in [6.45, 7) is 0.723. The van der Waals surface area contributed by atoms with Crippen LogP contribution in [0.15, 0.2) is 6.07 Å². The Morgan fingerprint density at radius 2 is 1.94 bits per heavy atom. The molecule has 0 saturated heterocycles. The van der Waals surface area contributed by atoms with Crippen molar-refractivity contribution >= 4 is 5.95 Å². The van der Waals surface area contributed by atoms with Gasteiger partial charge < -0.3 is 14.8 Å². The Morgan fingerprint density at radius 3 is 2.44 bits per heavy atom. The van der Waals surface area contributed by atoms with Crippen LogP contribution >= 0.6 is 0 Å². The van der Waals surface area contributed by atoms with E-state index in [0.29, 0.717) is 17.7 Å². The second-order valence-electron chi connectivity index (χ2n) is 3.01. The molecule has 0 spiro atoms. The highest BCUT2D eigenvalue weighted by Gasteiger charge is 2.04. The maximum absolute atomic E-state index is 5.15. The molecular formula is C11H15N3O2. The number of nitrogens with one attached hydrogen (secondary N) is 1. The number of hydrogen-bond acceptors (Lipinski definition) is 5. The molecule has 1 aromatic heterocycles. The van der Waals surface area contributed by atoms with Crippen molar-refractivity contribution < 1.29 is 9.47 Å². The fourth-order valence-electron chi connectivity index (χ4n) is 1.08. The number of ether oxygens (including phenoxy) is 2. The summed E-state index contributed by atoms with van der Waals surface area (Å²) >= 11 is 0. The van der Waals surface area contributed by atoms with Gasteiger partial charge in [-0.2, -0.15) is 9.97 Å². The van der Waals surface area contributed by atoms with Gasteiger partial charge in [0.15, 0.2) is 0 Å². The van der Waals surface area contributed by atoms with Gasteiger partial charge in [-0.15, -0.1) is 12.3 Å².